The number of rotatable bonds is 4. The monoisotopic (exact) mass is 463 g/mol. The average Bonchev–Trinajstić information content (AvgIpc) is 2.83. The molecule has 0 atom stereocenters. The van der Waals surface area contributed by atoms with Crippen LogP contribution in [-0.2, 0) is 6.54 Å². The number of fused-ring (bicyclic) bond motifs is 1. The van der Waals surface area contributed by atoms with Gasteiger partial charge < -0.3 is 5.32 Å². The third-order valence-corrected chi connectivity index (χ3v) is 6.82. The van der Waals surface area contributed by atoms with Gasteiger partial charge in [-0.05, 0) is 37.1 Å². The zero-order valence-electron chi connectivity index (χ0n) is 19.8. The zero-order valence-corrected chi connectivity index (χ0v) is 19.8. The number of benzene rings is 1. The van der Waals surface area contributed by atoms with E-state index in [-0.39, 0.29) is 29.9 Å². The third kappa shape index (κ3) is 6.10. The summed E-state index contributed by atoms with van der Waals surface area (Å²) >= 11 is 0. The maximum atomic E-state index is 14.3. The van der Waals surface area contributed by atoms with Crippen molar-refractivity contribution < 1.29 is 9.18 Å². The number of carbonyl (C=O) groups excluding carboxylic acids is 1. The largest absolute Gasteiger partial charge is 0.349 e. The molecule has 0 spiro atoms. The van der Waals surface area contributed by atoms with Crippen molar-refractivity contribution in [1.29, 1.82) is 0 Å². The van der Waals surface area contributed by atoms with E-state index in [4.69, 9.17) is 0 Å². The van der Waals surface area contributed by atoms with Crippen LogP contribution in [0, 0.1) is 5.82 Å². The predicted octanol–water partition coefficient (Wildman–Crippen LogP) is 5.99. The zero-order chi connectivity index (χ0) is 23.8. The molecule has 0 saturated heterocycles. The Morgan fingerprint density at radius 1 is 0.941 bits per heavy atom. The third-order valence-electron chi connectivity index (χ3n) is 6.82. The molecular formula is C28H34FN3O2. The minimum atomic E-state index is -0.444. The molecule has 0 unspecified atom stereocenters. The van der Waals surface area contributed by atoms with Gasteiger partial charge in [0.15, 0.2) is 0 Å². The van der Waals surface area contributed by atoms with E-state index < -0.39 is 5.56 Å². The Hall–Kier alpha value is -3.02. The van der Waals surface area contributed by atoms with Crippen molar-refractivity contribution in [2.45, 2.75) is 83.2 Å². The van der Waals surface area contributed by atoms with Gasteiger partial charge in [0.1, 0.15) is 17.0 Å². The van der Waals surface area contributed by atoms with Crippen LogP contribution in [0.1, 0.15) is 86.6 Å². The Bertz CT molecular complexity index is 1160. The molecule has 0 radical (unpaired) electrons. The molecule has 2 heterocycles. The van der Waals surface area contributed by atoms with Crippen LogP contribution < -0.4 is 10.9 Å². The summed E-state index contributed by atoms with van der Waals surface area (Å²) in [6.07, 6.45) is 14.4. The van der Waals surface area contributed by atoms with Crippen molar-refractivity contribution >= 4 is 16.9 Å². The van der Waals surface area contributed by atoms with E-state index in [2.05, 4.69) is 10.3 Å². The fourth-order valence-electron chi connectivity index (χ4n) is 4.88. The summed E-state index contributed by atoms with van der Waals surface area (Å²) in [6, 6.07) is 11.7. The van der Waals surface area contributed by atoms with Gasteiger partial charge in [0.05, 0.1) is 6.54 Å². The van der Waals surface area contributed by atoms with Crippen LogP contribution >= 0.6 is 0 Å². The molecule has 1 N–H and O–H groups in total. The van der Waals surface area contributed by atoms with Crippen LogP contribution in [0.4, 0.5) is 4.39 Å². The van der Waals surface area contributed by atoms with Gasteiger partial charge in [0, 0.05) is 23.2 Å². The quantitative estimate of drug-likeness (QED) is 0.517. The second-order valence-corrected chi connectivity index (χ2v) is 9.39. The van der Waals surface area contributed by atoms with Crippen molar-refractivity contribution in [3.63, 3.8) is 0 Å². The highest BCUT2D eigenvalue weighted by Crippen LogP contribution is 2.18. The van der Waals surface area contributed by atoms with Gasteiger partial charge in [-0.1, -0.05) is 76.0 Å². The molecule has 4 rings (SSSR count). The lowest BCUT2D eigenvalue weighted by Gasteiger charge is -2.20. The van der Waals surface area contributed by atoms with E-state index in [1.54, 1.807) is 36.5 Å². The van der Waals surface area contributed by atoms with E-state index in [0.29, 0.717) is 16.6 Å². The Morgan fingerprint density at radius 2 is 1.59 bits per heavy atom. The molecule has 1 aliphatic rings. The Morgan fingerprint density at radius 3 is 2.26 bits per heavy atom. The molecule has 1 saturated carbocycles. The van der Waals surface area contributed by atoms with Crippen LogP contribution in [0.2, 0.25) is 0 Å². The summed E-state index contributed by atoms with van der Waals surface area (Å²) in [5.41, 5.74) is 0.467. The standard InChI is InChI=1S/C28H34FN3O2/c29-25-17-11-10-13-22(25)20-32-26-21(14-12-18-30-26)19-24(28(32)34)27(33)31-23-15-8-6-4-2-1-3-5-7-9-16-23/h10-14,17-19,23H,1-9,15-16,20H2,(H,31,33). The van der Waals surface area contributed by atoms with Crippen LogP contribution in [-0.4, -0.2) is 21.5 Å². The van der Waals surface area contributed by atoms with Gasteiger partial charge in [-0.3, -0.25) is 14.2 Å². The number of amides is 1. The van der Waals surface area contributed by atoms with E-state index in [1.165, 1.54) is 55.6 Å². The minimum Gasteiger partial charge on any atom is -0.349 e. The maximum absolute atomic E-state index is 14.3. The SMILES string of the molecule is O=C(NC1CCCCCCCCCCC1)c1cc2cccnc2n(Cc2ccccc2F)c1=O. The van der Waals surface area contributed by atoms with Crippen molar-refractivity contribution in [1.82, 2.24) is 14.9 Å². The molecule has 3 aromatic rings. The van der Waals surface area contributed by atoms with Crippen molar-refractivity contribution in [3.05, 3.63) is 76.0 Å². The van der Waals surface area contributed by atoms with Crippen LogP contribution in [0.3, 0.4) is 0 Å². The molecule has 1 aromatic carbocycles. The molecule has 1 amide bonds. The molecule has 180 valence electrons. The average molecular weight is 464 g/mol. The molecule has 6 heteroatoms. The topological polar surface area (TPSA) is 64.0 Å². The van der Waals surface area contributed by atoms with Crippen LogP contribution in [0.5, 0.6) is 0 Å². The lowest BCUT2D eigenvalue weighted by Crippen LogP contribution is -2.39. The molecule has 0 aliphatic heterocycles. The molecule has 0 bridgehead atoms. The van der Waals surface area contributed by atoms with Crippen molar-refractivity contribution in [2.75, 3.05) is 0 Å². The number of hydrogen-bond acceptors (Lipinski definition) is 3. The van der Waals surface area contributed by atoms with Gasteiger partial charge in [-0.15, -0.1) is 0 Å². The number of nitrogens with zero attached hydrogens (tertiary/aromatic N) is 2. The van der Waals surface area contributed by atoms with E-state index >= 15 is 0 Å². The summed E-state index contributed by atoms with van der Waals surface area (Å²) in [7, 11) is 0. The van der Waals surface area contributed by atoms with Gasteiger partial charge in [-0.25, -0.2) is 9.37 Å². The lowest BCUT2D eigenvalue weighted by atomic mass is 9.97. The first-order chi connectivity index (χ1) is 16.6. The molecule has 1 fully saturated rings. The van der Waals surface area contributed by atoms with Crippen LogP contribution in [0.25, 0.3) is 11.0 Å². The summed E-state index contributed by atoms with van der Waals surface area (Å²) in [5.74, 6) is -0.739. The van der Waals surface area contributed by atoms with E-state index in [1.807, 2.05) is 6.07 Å². The van der Waals surface area contributed by atoms with E-state index in [9.17, 15) is 14.0 Å². The highest BCUT2D eigenvalue weighted by atomic mass is 19.1. The number of nitrogens with one attached hydrogen (secondary N) is 1. The summed E-state index contributed by atoms with van der Waals surface area (Å²) in [5, 5.41) is 3.83. The van der Waals surface area contributed by atoms with E-state index in [0.717, 1.165) is 25.7 Å². The molecule has 2 aromatic heterocycles. The fraction of sp³-hybridized carbons (Fsp3) is 0.464. The number of hydrogen-bond donors (Lipinski definition) is 1. The summed E-state index contributed by atoms with van der Waals surface area (Å²) in [4.78, 5) is 31.1. The first-order valence-corrected chi connectivity index (χ1v) is 12.7. The number of halogens is 1. The first-order valence-electron chi connectivity index (χ1n) is 12.7. The highest BCUT2D eigenvalue weighted by molar-refractivity contribution is 5.97. The van der Waals surface area contributed by atoms with Crippen molar-refractivity contribution in [3.8, 4) is 0 Å². The first kappa shape index (κ1) is 24.1. The smallest absolute Gasteiger partial charge is 0.265 e. The van der Waals surface area contributed by atoms with Gasteiger partial charge in [0.2, 0.25) is 0 Å². The Labute approximate surface area is 200 Å². The second-order valence-electron chi connectivity index (χ2n) is 9.39. The van der Waals surface area contributed by atoms with Crippen molar-refractivity contribution in [2.24, 2.45) is 0 Å². The normalized spacial score (nSPS) is 16.5. The van der Waals surface area contributed by atoms with Gasteiger partial charge in [-0.2, -0.15) is 0 Å². The number of pyridine rings is 2. The minimum absolute atomic E-state index is 0.0174. The second kappa shape index (κ2) is 11.9. The Kier molecular flexibility index (Phi) is 8.45. The molecular weight excluding hydrogens is 429 g/mol. The fourth-order valence-corrected chi connectivity index (χ4v) is 4.88. The predicted molar refractivity (Wildman–Crippen MR) is 134 cm³/mol. The van der Waals surface area contributed by atoms with Crippen LogP contribution in [0.15, 0.2) is 53.5 Å². The highest BCUT2D eigenvalue weighted by Gasteiger charge is 2.20. The number of aromatic nitrogens is 2. The molecule has 5 nitrogen and oxygen atoms in total. The molecule has 34 heavy (non-hydrogen) atoms. The number of carbonyl (C=O) groups is 1. The van der Waals surface area contributed by atoms with Gasteiger partial charge in [0.25, 0.3) is 11.5 Å². The van der Waals surface area contributed by atoms with Gasteiger partial charge >= 0.3 is 0 Å². The Balaban J connectivity index is 1.60. The molecule has 1 aliphatic carbocycles. The summed E-state index contributed by atoms with van der Waals surface area (Å²) < 4.78 is 15.8. The summed E-state index contributed by atoms with van der Waals surface area (Å²) in [6.45, 7) is 0.0174. The maximum Gasteiger partial charge on any atom is 0.265 e. The lowest BCUT2D eigenvalue weighted by molar-refractivity contribution is 0.0929.